The molecule has 1 aromatic heterocycles. The molecule has 5 heteroatoms. The average Bonchev–Trinajstić information content (AvgIpc) is 2.92. The van der Waals surface area contributed by atoms with Crippen molar-refractivity contribution in [2.75, 3.05) is 6.61 Å². The molecule has 0 bridgehead atoms. The van der Waals surface area contributed by atoms with E-state index in [0.29, 0.717) is 18.9 Å². The number of nitrogens with zero attached hydrogens (tertiary/aromatic N) is 3. The average molecular weight is 287 g/mol. The van der Waals surface area contributed by atoms with Crippen LogP contribution in [0.3, 0.4) is 0 Å². The Labute approximate surface area is 125 Å². The molecular weight excluding hydrogens is 266 g/mol. The second-order valence-electron chi connectivity index (χ2n) is 4.95. The number of benzene rings is 1. The van der Waals surface area contributed by atoms with Gasteiger partial charge in [-0.05, 0) is 13.3 Å². The summed E-state index contributed by atoms with van der Waals surface area (Å²) in [6.07, 6.45) is 2.35. The van der Waals surface area contributed by atoms with Gasteiger partial charge in [-0.3, -0.25) is 4.79 Å². The molecule has 0 aliphatic carbocycles. The lowest BCUT2D eigenvalue weighted by molar-refractivity contribution is 0.0892. The summed E-state index contributed by atoms with van der Waals surface area (Å²) in [7, 11) is 0. The quantitative estimate of drug-likeness (QED) is 0.763. The van der Waals surface area contributed by atoms with Crippen LogP contribution in [0.5, 0.6) is 6.01 Å². The first-order valence-corrected chi connectivity index (χ1v) is 7.35. The maximum Gasteiger partial charge on any atom is 0.336 e. The van der Waals surface area contributed by atoms with Gasteiger partial charge >= 0.3 is 6.01 Å². The highest BCUT2D eigenvalue weighted by molar-refractivity contribution is 5.82. The molecule has 2 aromatic rings. The van der Waals surface area contributed by atoms with Gasteiger partial charge in [0.2, 0.25) is 5.91 Å². The maximum atomic E-state index is 12.0. The molecule has 1 aromatic carbocycles. The molecule has 5 nitrogen and oxygen atoms in total. The van der Waals surface area contributed by atoms with Crippen LogP contribution in [-0.4, -0.2) is 27.3 Å². The molecule has 0 radical (unpaired) electrons. The van der Waals surface area contributed by atoms with E-state index in [1.54, 1.807) is 6.92 Å². The topological polar surface area (TPSA) is 57.0 Å². The van der Waals surface area contributed by atoms with Crippen molar-refractivity contribution in [1.82, 2.24) is 14.8 Å². The molecular formula is C16H21N3O2. The zero-order chi connectivity index (χ0) is 15.2. The second kappa shape index (κ2) is 7.02. The molecule has 1 heterocycles. The van der Waals surface area contributed by atoms with Crippen molar-refractivity contribution in [1.29, 1.82) is 0 Å². The number of hydrogen-bond acceptors (Lipinski definition) is 4. The fraction of sp³-hybridized carbons (Fsp3) is 0.438. The monoisotopic (exact) mass is 287 g/mol. The van der Waals surface area contributed by atoms with Crippen molar-refractivity contribution in [2.24, 2.45) is 0 Å². The van der Waals surface area contributed by atoms with Crippen LogP contribution in [-0.2, 0) is 0 Å². The molecule has 0 unspecified atom stereocenters. The minimum atomic E-state index is -0.0941. The molecule has 0 spiro atoms. The Morgan fingerprint density at radius 3 is 2.57 bits per heavy atom. The Morgan fingerprint density at radius 2 is 1.95 bits per heavy atom. The first kappa shape index (κ1) is 15.2. The molecule has 0 saturated heterocycles. The molecule has 2 rings (SSSR count). The van der Waals surface area contributed by atoms with E-state index in [-0.39, 0.29) is 11.9 Å². The fourth-order valence-electron chi connectivity index (χ4n) is 1.88. The lowest BCUT2D eigenvalue weighted by Crippen LogP contribution is -2.12. The van der Waals surface area contributed by atoms with Gasteiger partial charge in [-0.15, -0.1) is 5.10 Å². The summed E-state index contributed by atoms with van der Waals surface area (Å²) >= 11 is 0. The van der Waals surface area contributed by atoms with E-state index < -0.39 is 0 Å². The van der Waals surface area contributed by atoms with Gasteiger partial charge in [0.25, 0.3) is 0 Å². The fourth-order valence-corrected chi connectivity index (χ4v) is 1.88. The van der Waals surface area contributed by atoms with Gasteiger partial charge in [0.15, 0.2) is 5.82 Å². The Hall–Kier alpha value is -2.17. The van der Waals surface area contributed by atoms with Gasteiger partial charge < -0.3 is 4.74 Å². The molecule has 0 saturated carbocycles. The molecule has 0 fully saturated rings. The number of carbonyl (C=O) groups is 1. The van der Waals surface area contributed by atoms with E-state index in [1.807, 2.05) is 31.2 Å². The van der Waals surface area contributed by atoms with Gasteiger partial charge in [-0.2, -0.15) is 9.67 Å². The SMILES string of the molecule is CCCCOc1nc(-c2ccc(C)cc2)n(C(=O)CC)n1. The van der Waals surface area contributed by atoms with Crippen molar-refractivity contribution in [3.8, 4) is 17.4 Å². The Balaban J connectivity index is 2.33. The summed E-state index contributed by atoms with van der Waals surface area (Å²) in [5.74, 6) is 0.441. The Kier molecular flexibility index (Phi) is 5.09. The zero-order valence-corrected chi connectivity index (χ0v) is 12.8. The maximum absolute atomic E-state index is 12.0. The molecule has 0 aliphatic rings. The summed E-state index contributed by atoms with van der Waals surface area (Å²) in [6.45, 7) is 6.48. The molecule has 21 heavy (non-hydrogen) atoms. The largest absolute Gasteiger partial charge is 0.462 e. The summed E-state index contributed by atoms with van der Waals surface area (Å²) in [6, 6.07) is 8.12. The summed E-state index contributed by atoms with van der Waals surface area (Å²) in [5, 5.41) is 4.19. The van der Waals surface area contributed by atoms with Crippen LogP contribution < -0.4 is 4.74 Å². The lowest BCUT2D eigenvalue weighted by Gasteiger charge is -2.02. The Bertz CT molecular complexity index is 602. The van der Waals surface area contributed by atoms with Crippen LogP contribution in [0.2, 0.25) is 0 Å². The lowest BCUT2D eigenvalue weighted by atomic mass is 10.1. The summed E-state index contributed by atoms with van der Waals surface area (Å²) in [5.41, 5.74) is 2.02. The Morgan fingerprint density at radius 1 is 1.24 bits per heavy atom. The second-order valence-corrected chi connectivity index (χ2v) is 4.95. The van der Waals surface area contributed by atoms with E-state index in [0.717, 1.165) is 24.0 Å². The third kappa shape index (κ3) is 3.68. The summed E-state index contributed by atoms with van der Waals surface area (Å²) in [4.78, 5) is 16.4. The van der Waals surface area contributed by atoms with E-state index in [1.165, 1.54) is 4.68 Å². The molecule has 0 atom stereocenters. The van der Waals surface area contributed by atoms with Crippen LogP contribution in [0.15, 0.2) is 24.3 Å². The predicted molar refractivity (Wildman–Crippen MR) is 81.5 cm³/mol. The molecule has 0 N–H and O–H groups in total. The van der Waals surface area contributed by atoms with E-state index in [9.17, 15) is 4.79 Å². The van der Waals surface area contributed by atoms with E-state index in [4.69, 9.17) is 4.74 Å². The van der Waals surface area contributed by atoms with Crippen molar-refractivity contribution < 1.29 is 9.53 Å². The van der Waals surface area contributed by atoms with Crippen LogP contribution in [0.25, 0.3) is 11.4 Å². The van der Waals surface area contributed by atoms with Gasteiger partial charge in [0, 0.05) is 12.0 Å². The van der Waals surface area contributed by atoms with Crippen molar-refractivity contribution in [2.45, 2.75) is 40.0 Å². The zero-order valence-electron chi connectivity index (χ0n) is 12.8. The minimum absolute atomic E-state index is 0.0941. The number of hydrogen-bond donors (Lipinski definition) is 0. The van der Waals surface area contributed by atoms with Crippen molar-refractivity contribution >= 4 is 5.91 Å². The van der Waals surface area contributed by atoms with Gasteiger partial charge in [-0.1, -0.05) is 50.1 Å². The van der Waals surface area contributed by atoms with Gasteiger partial charge in [0.05, 0.1) is 6.61 Å². The third-order valence-electron chi connectivity index (χ3n) is 3.17. The van der Waals surface area contributed by atoms with Gasteiger partial charge in [0.1, 0.15) is 0 Å². The number of carbonyl (C=O) groups excluding carboxylic acids is 1. The van der Waals surface area contributed by atoms with Crippen LogP contribution >= 0.6 is 0 Å². The number of rotatable bonds is 6. The number of aromatic nitrogens is 3. The number of unbranched alkanes of at least 4 members (excludes halogenated alkanes) is 1. The van der Waals surface area contributed by atoms with E-state index >= 15 is 0 Å². The highest BCUT2D eigenvalue weighted by Gasteiger charge is 2.17. The van der Waals surface area contributed by atoms with Crippen LogP contribution in [0.4, 0.5) is 0 Å². The number of ether oxygens (including phenoxy) is 1. The highest BCUT2D eigenvalue weighted by atomic mass is 16.5. The van der Waals surface area contributed by atoms with Gasteiger partial charge in [-0.25, -0.2) is 0 Å². The third-order valence-corrected chi connectivity index (χ3v) is 3.17. The standard InChI is InChI=1S/C16H21N3O2/c1-4-6-11-21-16-17-15(19(18-16)14(20)5-2)13-9-7-12(3)8-10-13/h7-10H,4-6,11H2,1-3H3. The van der Waals surface area contributed by atoms with E-state index in [2.05, 4.69) is 17.0 Å². The number of aryl methyl sites for hydroxylation is 1. The smallest absolute Gasteiger partial charge is 0.336 e. The van der Waals surface area contributed by atoms with Crippen molar-refractivity contribution in [3.05, 3.63) is 29.8 Å². The van der Waals surface area contributed by atoms with Crippen molar-refractivity contribution in [3.63, 3.8) is 0 Å². The normalized spacial score (nSPS) is 10.6. The molecule has 112 valence electrons. The first-order valence-electron chi connectivity index (χ1n) is 7.35. The highest BCUT2D eigenvalue weighted by Crippen LogP contribution is 2.21. The molecule has 0 amide bonds. The van der Waals surface area contributed by atoms with Crippen LogP contribution in [0.1, 0.15) is 43.5 Å². The minimum Gasteiger partial charge on any atom is -0.462 e. The molecule has 0 aliphatic heterocycles. The summed E-state index contributed by atoms with van der Waals surface area (Å²) < 4.78 is 6.85. The first-order chi connectivity index (χ1) is 10.2. The predicted octanol–water partition coefficient (Wildman–Crippen LogP) is 3.48. The van der Waals surface area contributed by atoms with Crippen LogP contribution in [0, 0.1) is 6.92 Å².